The van der Waals surface area contributed by atoms with Gasteiger partial charge < -0.3 is 4.74 Å². The van der Waals surface area contributed by atoms with Crippen molar-refractivity contribution < 1.29 is 9.53 Å². The number of rotatable bonds is 2. The smallest absolute Gasteiger partial charge is 0.309 e. The van der Waals surface area contributed by atoms with Crippen LogP contribution < -0.4 is 0 Å². The number of hydrogen-bond acceptors (Lipinski definition) is 2. The maximum atomic E-state index is 11.0. The van der Waals surface area contributed by atoms with Crippen LogP contribution in [0.2, 0.25) is 0 Å². The van der Waals surface area contributed by atoms with E-state index in [4.69, 9.17) is 11.2 Å². The van der Waals surface area contributed by atoms with Crippen LogP contribution in [0.15, 0.2) is 0 Å². The highest BCUT2D eigenvalue weighted by atomic mass is 16.5. The number of carbonyl (C=O) groups excluding carboxylic acids is 1. The summed E-state index contributed by atoms with van der Waals surface area (Å²) < 4.78 is 4.83. The van der Waals surface area contributed by atoms with E-state index in [9.17, 15) is 4.79 Å². The SMILES string of the molecule is C#CC1CC(C(=O)OCC)C1. The number of hydrogen-bond donors (Lipinski definition) is 0. The van der Waals surface area contributed by atoms with Gasteiger partial charge in [0.2, 0.25) is 0 Å². The van der Waals surface area contributed by atoms with Crippen LogP contribution in [0.4, 0.5) is 0 Å². The van der Waals surface area contributed by atoms with E-state index in [1.165, 1.54) is 0 Å². The molecular formula is C9H12O2. The molecule has 0 unspecified atom stereocenters. The molecule has 0 radical (unpaired) electrons. The van der Waals surface area contributed by atoms with Crippen molar-refractivity contribution in [2.24, 2.45) is 11.8 Å². The van der Waals surface area contributed by atoms with Gasteiger partial charge in [-0.2, -0.15) is 0 Å². The summed E-state index contributed by atoms with van der Waals surface area (Å²) in [6, 6.07) is 0. The lowest BCUT2D eigenvalue weighted by Crippen LogP contribution is -2.30. The molecule has 0 heterocycles. The molecule has 60 valence electrons. The van der Waals surface area contributed by atoms with Gasteiger partial charge in [0.05, 0.1) is 12.5 Å². The zero-order chi connectivity index (χ0) is 8.27. The highest BCUT2D eigenvalue weighted by Crippen LogP contribution is 2.33. The second-order valence-electron chi connectivity index (χ2n) is 2.78. The Balaban J connectivity index is 2.22. The number of ether oxygens (including phenoxy) is 1. The largest absolute Gasteiger partial charge is 0.466 e. The van der Waals surface area contributed by atoms with Gasteiger partial charge in [0.25, 0.3) is 0 Å². The van der Waals surface area contributed by atoms with Crippen LogP contribution in [0.3, 0.4) is 0 Å². The Morgan fingerprint density at radius 1 is 1.73 bits per heavy atom. The molecule has 0 atom stereocenters. The molecule has 0 aromatic heterocycles. The van der Waals surface area contributed by atoms with Crippen molar-refractivity contribution in [1.82, 2.24) is 0 Å². The fraction of sp³-hybridized carbons (Fsp3) is 0.667. The van der Waals surface area contributed by atoms with E-state index in [1.54, 1.807) is 0 Å². The van der Waals surface area contributed by atoms with Crippen molar-refractivity contribution in [3.8, 4) is 12.3 Å². The number of esters is 1. The summed E-state index contributed by atoms with van der Waals surface area (Å²) in [5.41, 5.74) is 0. The van der Waals surface area contributed by atoms with Crippen molar-refractivity contribution in [2.75, 3.05) is 6.61 Å². The first kappa shape index (κ1) is 8.13. The summed E-state index contributed by atoms with van der Waals surface area (Å²) in [4.78, 5) is 11.0. The van der Waals surface area contributed by atoms with Crippen molar-refractivity contribution in [2.45, 2.75) is 19.8 Å². The highest BCUT2D eigenvalue weighted by molar-refractivity contribution is 5.73. The molecule has 0 bridgehead atoms. The van der Waals surface area contributed by atoms with Gasteiger partial charge >= 0.3 is 5.97 Å². The molecule has 2 nitrogen and oxygen atoms in total. The second kappa shape index (κ2) is 3.43. The third kappa shape index (κ3) is 1.74. The Bertz CT molecular complexity index is 184. The van der Waals surface area contributed by atoms with Gasteiger partial charge in [0.1, 0.15) is 0 Å². The molecule has 0 spiro atoms. The van der Waals surface area contributed by atoms with E-state index >= 15 is 0 Å². The first-order chi connectivity index (χ1) is 5.27. The monoisotopic (exact) mass is 152 g/mol. The fourth-order valence-corrected chi connectivity index (χ4v) is 1.21. The zero-order valence-electron chi connectivity index (χ0n) is 6.67. The molecular weight excluding hydrogens is 140 g/mol. The average molecular weight is 152 g/mol. The van der Waals surface area contributed by atoms with Gasteiger partial charge in [-0.25, -0.2) is 0 Å². The minimum atomic E-state index is -0.0843. The average Bonchev–Trinajstić information content (AvgIpc) is 1.86. The first-order valence-electron chi connectivity index (χ1n) is 3.90. The molecule has 0 amide bonds. The van der Waals surface area contributed by atoms with E-state index in [-0.39, 0.29) is 11.9 Å². The molecule has 1 aliphatic rings. The van der Waals surface area contributed by atoms with Gasteiger partial charge in [-0.1, -0.05) is 0 Å². The Kier molecular flexibility index (Phi) is 2.53. The van der Waals surface area contributed by atoms with Gasteiger partial charge in [0.15, 0.2) is 0 Å². The lowest BCUT2D eigenvalue weighted by Gasteiger charge is -2.29. The fourth-order valence-electron chi connectivity index (χ4n) is 1.21. The topological polar surface area (TPSA) is 26.3 Å². The summed E-state index contributed by atoms with van der Waals surface area (Å²) in [7, 11) is 0. The Labute approximate surface area is 66.9 Å². The second-order valence-corrected chi connectivity index (χ2v) is 2.78. The minimum absolute atomic E-state index is 0.0796. The lowest BCUT2D eigenvalue weighted by atomic mass is 9.75. The summed E-state index contributed by atoms with van der Waals surface area (Å²) in [5.74, 6) is 2.93. The van der Waals surface area contributed by atoms with E-state index < -0.39 is 0 Å². The van der Waals surface area contributed by atoms with E-state index in [0.717, 1.165) is 12.8 Å². The standard InChI is InChI=1S/C9H12O2/c1-3-7-5-8(6-7)9(10)11-4-2/h1,7-8H,4-6H2,2H3. The number of terminal acetylenes is 1. The normalized spacial score (nSPS) is 28.4. The van der Waals surface area contributed by atoms with Gasteiger partial charge in [-0.3, -0.25) is 4.79 Å². The molecule has 1 rings (SSSR count). The molecule has 1 saturated carbocycles. The Morgan fingerprint density at radius 2 is 2.36 bits per heavy atom. The minimum Gasteiger partial charge on any atom is -0.466 e. The van der Waals surface area contributed by atoms with E-state index in [2.05, 4.69) is 5.92 Å². The van der Waals surface area contributed by atoms with Crippen LogP contribution >= 0.6 is 0 Å². The van der Waals surface area contributed by atoms with Gasteiger partial charge in [0, 0.05) is 5.92 Å². The van der Waals surface area contributed by atoms with E-state index in [1.807, 2.05) is 6.92 Å². The predicted molar refractivity (Wildman–Crippen MR) is 41.7 cm³/mol. The Hall–Kier alpha value is -0.970. The van der Waals surface area contributed by atoms with Crippen molar-refractivity contribution >= 4 is 5.97 Å². The molecule has 1 aliphatic carbocycles. The van der Waals surface area contributed by atoms with Gasteiger partial charge in [-0.15, -0.1) is 12.3 Å². The molecule has 1 fully saturated rings. The maximum absolute atomic E-state index is 11.0. The lowest BCUT2D eigenvalue weighted by molar-refractivity contribution is -0.151. The van der Waals surface area contributed by atoms with Crippen molar-refractivity contribution in [1.29, 1.82) is 0 Å². The zero-order valence-corrected chi connectivity index (χ0v) is 6.67. The predicted octanol–water partition coefficient (Wildman–Crippen LogP) is 1.21. The first-order valence-corrected chi connectivity index (χ1v) is 3.90. The Morgan fingerprint density at radius 3 is 2.82 bits per heavy atom. The molecule has 0 aromatic carbocycles. The van der Waals surface area contributed by atoms with Crippen LogP contribution in [-0.4, -0.2) is 12.6 Å². The summed E-state index contributed by atoms with van der Waals surface area (Å²) >= 11 is 0. The number of carbonyl (C=O) groups is 1. The molecule has 11 heavy (non-hydrogen) atoms. The maximum Gasteiger partial charge on any atom is 0.309 e. The molecule has 0 saturated heterocycles. The van der Waals surface area contributed by atoms with Crippen LogP contribution in [-0.2, 0) is 9.53 Å². The molecule has 0 N–H and O–H groups in total. The van der Waals surface area contributed by atoms with Crippen LogP contribution in [0.5, 0.6) is 0 Å². The molecule has 2 heteroatoms. The van der Waals surface area contributed by atoms with Crippen molar-refractivity contribution in [3.05, 3.63) is 0 Å². The quantitative estimate of drug-likeness (QED) is 0.439. The molecule has 0 aromatic rings. The van der Waals surface area contributed by atoms with Crippen LogP contribution in [0.1, 0.15) is 19.8 Å². The summed E-state index contributed by atoms with van der Waals surface area (Å²) in [6.07, 6.45) is 6.80. The van der Waals surface area contributed by atoms with E-state index in [0.29, 0.717) is 12.5 Å². The summed E-state index contributed by atoms with van der Waals surface area (Å²) in [6.45, 7) is 2.28. The van der Waals surface area contributed by atoms with Crippen LogP contribution in [0, 0.1) is 24.2 Å². The third-order valence-corrected chi connectivity index (χ3v) is 1.99. The molecule has 0 aliphatic heterocycles. The van der Waals surface area contributed by atoms with Crippen LogP contribution in [0.25, 0.3) is 0 Å². The van der Waals surface area contributed by atoms with Crippen molar-refractivity contribution in [3.63, 3.8) is 0 Å². The highest BCUT2D eigenvalue weighted by Gasteiger charge is 2.34. The van der Waals surface area contributed by atoms with Gasteiger partial charge in [-0.05, 0) is 19.8 Å². The summed E-state index contributed by atoms with van der Waals surface area (Å²) in [5, 5.41) is 0. The third-order valence-electron chi connectivity index (χ3n) is 1.99.